The third-order valence-corrected chi connectivity index (χ3v) is 4.55. The average Bonchev–Trinajstić information content (AvgIpc) is 2.66. The summed E-state index contributed by atoms with van der Waals surface area (Å²) < 4.78 is 5.46. The van der Waals surface area contributed by atoms with Gasteiger partial charge in [-0.25, -0.2) is 0 Å². The van der Waals surface area contributed by atoms with Crippen molar-refractivity contribution in [1.82, 2.24) is 5.32 Å². The number of hydrogen-bond donors (Lipinski definition) is 1. The SMILES string of the molecule is COc1cc(C)c(/C=C(\C#N)C(=O)N[C@@H](C)c2ccccc2)cc1C(C)C. The molecule has 0 heterocycles. The van der Waals surface area contributed by atoms with Crippen molar-refractivity contribution in [1.29, 1.82) is 5.26 Å². The molecule has 4 nitrogen and oxygen atoms in total. The second-order valence-corrected chi connectivity index (χ2v) is 6.88. The summed E-state index contributed by atoms with van der Waals surface area (Å²) in [7, 11) is 1.65. The Balaban J connectivity index is 2.31. The maximum Gasteiger partial charge on any atom is 0.262 e. The standard InChI is InChI=1S/C23H26N2O2/c1-15(2)21-13-19(16(3)11-22(21)27-5)12-20(14-24)23(26)25-17(4)18-9-7-6-8-10-18/h6-13,15,17H,1-5H3,(H,25,26)/b20-12+/t17-/m0/s1. The Morgan fingerprint density at radius 2 is 1.85 bits per heavy atom. The van der Waals surface area contributed by atoms with E-state index in [2.05, 4.69) is 19.2 Å². The van der Waals surface area contributed by atoms with Gasteiger partial charge in [-0.1, -0.05) is 44.2 Å². The maximum atomic E-state index is 12.6. The molecule has 0 saturated carbocycles. The minimum absolute atomic E-state index is 0.0840. The average molecular weight is 362 g/mol. The molecule has 140 valence electrons. The van der Waals surface area contributed by atoms with Gasteiger partial charge in [0.1, 0.15) is 17.4 Å². The summed E-state index contributed by atoms with van der Waals surface area (Å²) >= 11 is 0. The number of nitriles is 1. The van der Waals surface area contributed by atoms with Gasteiger partial charge in [0.2, 0.25) is 0 Å². The summed E-state index contributed by atoms with van der Waals surface area (Å²) in [5, 5.41) is 12.4. The Morgan fingerprint density at radius 1 is 1.19 bits per heavy atom. The van der Waals surface area contributed by atoms with E-state index in [9.17, 15) is 10.1 Å². The molecule has 0 spiro atoms. The van der Waals surface area contributed by atoms with Crippen molar-refractivity contribution < 1.29 is 9.53 Å². The lowest BCUT2D eigenvalue weighted by Gasteiger charge is -2.16. The predicted octanol–water partition coefficient (Wildman–Crippen LogP) is 4.91. The molecule has 0 unspecified atom stereocenters. The molecule has 1 atom stereocenters. The van der Waals surface area contributed by atoms with Crippen molar-refractivity contribution in [3.63, 3.8) is 0 Å². The monoisotopic (exact) mass is 362 g/mol. The number of rotatable bonds is 6. The number of hydrogen-bond acceptors (Lipinski definition) is 3. The first-order valence-corrected chi connectivity index (χ1v) is 9.03. The van der Waals surface area contributed by atoms with Crippen LogP contribution in [0.15, 0.2) is 48.0 Å². The number of amides is 1. The van der Waals surface area contributed by atoms with Crippen LogP contribution in [0.3, 0.4) is 0 Å². The summed E-state index contributed by atoms with van der Waals surface area (Å²) in [5.74, 6) is 0.709. The van der Waals surface area contributed by atoms with Crippen LogP contribution in [0.25, 0.3) is 6.08 Å². The van der Waals surface area contributed by atoms with E-state index in [1.54, 1.807) is 13.2 Å². The molecule has 0 radical (unpaired) electrons. The Bertz CT molecular complexity index is 877. The number of carbonyl (C=O) groups excluding carboxylic acids is 1. The molecule has 1 amide bonds. The third kappa shape index (κ3) is 4.98. The summed E-state index contributed by atoms with van der Waals surface area (Å²) in [6.45, 7) is 8.01. The molecule has 0 aliphatic carbocycles. The number of ether oxygens (including phenoxy) is 1. The zero-order valence-electron chi connectivity index (χ0n) is 16.5. The van der Waals surface area contributed by atoms with Crippen molar-refractivity contribution >= 4 is 12.0 Å². The van der Waals surface area contributed by atoms with Gasteiger partial charge in [0, 0.05) is 0 Å². The second kappa shape index (κ2) is 9.05. The molecule has 2 aromatic carbocycles. The summed E-state index contributed by atoms with van der Waals surface area (Å²) in [6, 6.07) is 15.5. The van der Waals surface area contributed by atoms with E-state index >= 15 is 0 Å². The fraction of sp³-hybridized carbons (Fsp3) is 0.304. The Labute approximate surface area is 161 Å². The van der Waals surface area contributed by atoms with Gasteiger partial charge in [0.05, 0.1) is 13.2 Å². The highest BCUT2D eigenvalue weighted by Gasteiger charge is 2.16. The highest BCUT2D eigenvalue weighted by Crippen LogP contribution is 2.30. The van der Waals surface area contributed by atoms with E-state index in [0.29, 0.717) is 0 Å². The quantitative estimate of drug-likeness (QED) is 0.586. The number of nitrogens with zero attached hydrogens (tertiary/aromatic N) is 1. The lowest BCUT2D eigenvalue weighted by Crippen LogP contribution is -2.27. The number of carbonyl (C=O) groups is 1. The van der Waals surface area contributed by atoms with Crippen molar-refractivity contribution in [2.75, 3.05) is 7.11 Å². The van der Waals surface area contributed by atoms with Crippen LogP contribution < -0.4 is 10.1 Å². The molecular formula is C23H26N2O2. The number of benzene rings is 2. The largest absolute Gasteiger partial charge is 0.496 e. The minimum Gasteiger partial charge on any atom is -0.496 e. The predicted molar refractivity (Wildman–Crippen MR) is 108 cm³/mol. The first-order chi connectivity index (χ1) is 12.9. The fourth-order valence-electron chi connectivity index (χ4n) is 2.90. The topological polar surface area (TPSA) is 62.1 Å². The van der Waals surface area contributed by atoms with Crippen molar-refractivity contribution in [2.45, 2.75) is 39.7 Å². The van der Waals surface area contributed by atoms with E-state index in [0.717, 1.165) is 28.0 Å². The number of nitrogens with one attached hydrogen (secondary N) is 1. The second-order valence-electron chi connectivity index (χ2n) is 6.88. The highest BCUT2D eigenvalue weighted by molar-refractivity contribution is 6.02. The molecule has 27 heavy (non-hydrogen) atoms. The van der Waals surface area contributed by atoms with E-state index < -0.39 is 0 Å². The molecule has 2 rings (SSSR count). The van der Waals surface area contributed by atoms with Gasteiger partial charge >= 0.3 is 0 Å². The van der Waals surface area contributed by atoms with Gasteiger partial charge in [-0.15, -0.1) is 0 Å². The summed E-state index contributed by atoms with van der Waals surface area (Å²) in [4.78, 5) is 12.6. The molecular weight excluding hydrogens is 336 g/mol. The van der Waals surface area contributed by atoms with Crippen LogP contribution >= 0.6 is 0 Å². The van der Waals surface area contributed by atoms with Gasteiger partial charge in [0.15, 0.2) is 0 Å². The van der Waals surface area contributed by atoms with Crippen molar-refractivity contribution in [3.05, 3.63) is 70.3 Å². The first-order valence-electron chi connectivity index (χ1n) is 9.03. The molecule has 0 saturated heterocycles. The molecule has 2 aromatic rings. The maximum absolute atomic E-state index is 12.6. The number of aryl methyl sites for hydroxylation is 1. The molecule has 0 bridgehead atoms. The van der Waals surface area contributed by atoms with Gasteiger partial charge < -0.3 is 10.1 Å². The van der Waals surface area contributed by atoms with Crippen LogP contribution in [-0.2, 0) is 4.79 Å². The van der Waals surface area contributed by atoms with Crippen LogP contribution in [0.2, 0.25) is 0 Å². The third-order valence-electron chi connectivity index (χ3n) is 4.55. The molecule has 0 fully saturated rings. The van der Waals surface area contributed by atoms with Crippen molar-refractivity contribution in [2.24, 2.45) is 0 Å². The molecule has 4 heteroatoms. The summed E-state index contributed by atoms with van der Waals surface area (Å²) in [6.07, 6.45) is 1.65. The minimum atomic E-state index is -0.379. The zero-order valence-corrected chi connectivity index (χ0v) is 16.5. The normalized spacial score (nSPS) is 12.4. The smallest absolute Gasteiger partial charge is 0.262 e. The van der Waals surface area contributed by atoms with Crippen LogP contribution in [0.5, 0.6) is 5.75 Å². The van der Waals surface area contributed by atoms with Gasteiger partial charge in [-0.05, 0) is 60.2 Å². The fourth-order valence-corrected chi connectivity index (χ4v) is 2.90. The van der Waals surface area contributed by atoms with E-state index in [4.69, 9.17) is 4.74 Å². The van der Waals surface area contributed by atoms with Crippen LogP contribution in [0.4, 0.5) is 0 Å². The summed E-state index contributed by atoms with van der Waals surface area (Å²) in [5.41, 5.74) is 3.92. The molecule has 1 N–H and O–H groups in total. The van der Waals surface area contributed by atoms with Gasteiger partial charge in [-0.2, -0.15) is 5.26 Å². The van der Waals surface area contributed by atoms with E-state index in [1.807, 2.05) is 62.4 Å². The van der Waals surface area contributed by atoms with Crippen LogP contribution in [0, 0.1) is 18.3 Å². The van der Waals surface area contributed by atoms with E-state index in [-0.39, 0.29) is 23.4 Å². The van der Waals surface area contributed by atoms with E-state index in [1.165, 1.54) is 0 Å². The van der Waals surface area contributed by atoms with Gasteiger partial charge in [0.25, 0.3) is 5.91 Å². The van der Waals surface area contributed by atoms with Gasteiger partial charge in [-0.3, -0.25) is 4.79 Å². The van der Waals surface area contributed by atoms with Crippen molar-refractivity contribution in [3.8, 4) is 11.8 Å². The Morgan fingerprint density at radius 3 is 2.41 bits per heavy atom. The molecule has 0 aromatic heterocycles. The lowest BCUT2D eigenvalue weighted by atomic mass is 9.95. The first kappa shape index (κ1) is 20.3. The highest BCUT2D eigenvalue weighted by atomic mass is 16.5. The van der Waals surface area contributed by atoms with Crippen LogP contribution in [0.1, 0.15) is 55.0 Å². The lowest BCUT2D eigenvalue weighted by molar-refractivity contribution is -0.117. The Kier molecular flexibility index (Phi) is 6.79. The molecule has 0 aliphatic rings. The van der Waals surface area contributed by atoms with Crippen LogP contribution in [-0.4, -0.2) is 13.0 Å². The molecule has 0 aliphatic heterocycles. The number of methoxy groups -OCH3 is 1. The zero-order chi connectivity index (χ0) is 20.0. The Hall–Kier alpha value is -3.06.